The van der Waals surface area contributed by atoms with Gasteiger partial charge in [0.1, 0.15) is 11.3 Å². The molecular formula is C15H8BrFN2O2. The van der Waals surface area contributed by atoms with Crippen LogP contribution in [-0.4, -0.2) is 21.0 Å². The standard InChI is InChI=1S/C15H8BrFN2O2/c16-9-4-1-3-8(7-9)14-18-12-10(5-2-6-11(12)17)13(19-14)15(20)21/h1-7H,(H,20,21). The van der Waals surface area contributed by atoms with Crippen LogP contribution in [0.4, 0.5) is 4.39 Å². The Kier molecular flexibility index (Phi) is 3.39. The summed E-state index contributed by atoms with van der Waals surface area (Å²) < 4.78 is 14.7. The van der Waals surface area contributed by atoms with Crippen molar-refractivity contribution in [1.82, 2.24) is 9.97 Å². The average Bonchev–Trinajstić information content (AvgIpc) is 2.46. The molecule has 3 rings (SSSR count). The van der Waals surface area contributed by atoms with E-state index in [4.69, 9.17) is 0 Å². The van der Waals surface area contributed by atoms with Crippen LogP contribution in [0.2, 0.25) is 0 Å². The summed E-state index contributed by atoms with van der Waals surface area (Å²) >= 11 is 3.33. The number of hydrogen-bond acceptors (Lipinski definition) is 3. The second kappa shape index (κ2) is 5.21. The largest absolute Gasteiger partial charge is 0.476 e. The predicted octanol–water partition coefficient (Wildman–Crippen LogP) is 3.90. The van der Waals surface area contributed by atoms with E-state index in [1.165, 1.54) is 18.2 Å². The second-order valence-electron chi connectivity index (χ2n) is 4.35. The minimum atomic E-state index is -1.22. The van der Waals surface area contributed by atoms with Crippen molar-refractivity contribution in [2.24, 2.45) is 0 Å². The molecule has 0 radical (unpaired) electrons. The average molecular weight is 347 g/mol. The van der Waals surface area contributed by atoms with E-state index in [-0.39, 0.29) is 22.4 Å². The Morgan fingerprint density at radius 3 is 2.62 bits per heavy atom. The minimum absolute atomic E-state index is 0.000115. The fourth-order valence-electron chi connectivity index (χ4n) is 2.04. The number of hydrogen-bond donors (Lipinski definition) is 1. The number of carboxylic acid groups (broad SMARTS) is 1. The Bertz CT molecular complexity index is 867. The van der Waals surface area contributed by atoms with Crippen LogP contribution >= 0.6 is 15.9 Å². The molecule has 4 nitrogen and oxygen atoms in total. The second-order valence-corrected chi connectivity index (χ2v) is 5.26. The smallest absolute Gasteiger partial charge is 0.355 e. The molecule has 21 heavy (non-hydrogen) atoms. The van der Waals surface area contributed by atoms with Gasteiger partial charge in [-0.05, 0) is 18.2 Å². The number of nitrogens with zero attached hydrogens (tertiary/aromatic N) is 2. The Labute approximate surface area is 127 Å². The molecule has 0 spiro atoms. The van der Waals surface area contributed by atoms with Crippen LogP contribution in [0.5, 0.6) is 0 Å². The predicted molar refractivity (Wildman–Crippen MR) is 79.6 cm³/mol. The lowest BCUT2D eigenvalue weighted by Gasteiger charge is -2.07. The zero-order chi connectivity index (χ0) is 15.0. The van der Waals surface area contributed by atoms with Gasteiger partial charge in [0.25, 0.3) is 0 Å². The van der Waals surface area contributed by atoms with Crippen LogP contribution in [0.25, 0.3) is 22.3 Å². The van der Waals surface area contributed by atoms with Crippen molar-refractivity contribution in [2.45, 2.75) is 0 Å². The molecule has 0 fully saturated rings. The molecule has 0 atom stereocenters. The Morgan fingerprint density at radius 1 is 1.14 bits per heavy atom. The first-order valence-electron chi connectivity index (χ1n) is 6.02. The normalized spacial score (nSPS) is 10.8. The molecule has 6 heteroatoms. The quantitative estimate of drug-likeness (QED) is 0.764. The topological polar surface area (TPSA) is 63.1 Å². The fraction of sp³-hybridized carbons (Fsp3) is 0. The summed E-state index contributed by atoms with van der Waals surface area (Å²) in [5, 5.41) is 9.46. The molecule has 0 bridgehead atoms. The molecule has 1 N–H and O–H groups in total. The van der Waals surface area contributed by atoms with Gasteiger partial charge >= 0.3 is 5.97 Å². The first-order chi connectivity index (χ1) is 10.1. The van der Waals surface area contributed by atoms with Crippen molar-refractivity contribution >= 4 is 32.8 Å². The lowest BCUT2D eigenvalue weighted by atomic mass is 10.1. The van der Waals surface area contributed by atoms with Gasteiger partial charge in [0, 0.05) is 15.4 Å². The third-order valence-electron chi connectivity index (χ3n) is 2.96. The van der Waals surface area contributed by atoms with Crippen molar-refractivity contribution in [1.29, 1.82) is 0 Å². The van der Waals surface area contributed by atoms with E-state index in [2.05, 4.69) is 25.9 Å². The molecule has 1 heterocycles. The Morgan fingerprint density at radius 2 is 1.90 bits per heavy atom. The summed E-state index contributed by atoms with van der Waals surface area (Å²) in [6.07, 6.45) is 0. The Balaban J connectivity index is 2.35. The number of carboxylic acids is 1. The Hall–Kier alpha value is -2.34. The van der Waals surface area contributed by atoms with Gasteiger partial charge in [-0.15, -0.1) is 0 Å². The summed E-state index contributed by atoms with van der Waals surface area (Å²) in [5.74, 6) is -1.62. The number of rotatable bonds is 2. The van der Waals surface area contributed by atoms with E-state index in [1.54, 1.807) is 18.2 Å². The van der Waals surface area contributed by atoms with Gasteiger partial charge in [0.05, 0.1) is 0 Å². The van der Waals surface area contributed by atoms with Gasteiger partial charge in [0.2, 0.25) is 0 Å². The van der Waals surface area contributed by atoms with Crippen molar-refractivity contribution in [3.8, 4) is 11.4 Å². The number of aromatic carboxylic acids is 1. The number of aromatic nitrogens is 2. The van der Waals surface area contributed by atoms with Crippen LogP contribution in [-0.2, 0) is 0 Å². The van der Waals surface area contributed by atoms with Crippen LogP contribution in [0.1, 0.15) is 10.5 Å². The highest BCUT2D eigenvalue weighted by Gasteiger charge is 2.16. The number of carbonyl (C=O) groups is 1. The van der Waals surface area contributed by atoms with Gasteiger partial charge < -0.3 is 5.11 Å². The van der Waals surface area contributed by atoms with E-state index < -0.39 is 11.8 Å². The van der Waals surface area contributed by atoms with Crippen molar-refractivity contribution in [3.63, 3.8) is 0 Å². The molecule has 0 unspecified atom stereocenters. The van der Waals surface area contributed by atoms with E-state index in [9.17, 15) is 14.3 Å². The summed E-state index contributed by atoms with van der Waals surface area (Å²) in [5.41, 5.74) is 0.395. The lowest BCUT2D eigenvalue weighted by Crippen LogP contribution is -2.05. The maximum atomic E-state index is 13.9. The molecule has 0 saturated carbocycles. The summed E-state index contributed by atoms with van der Waals surface area (Å²) in [4.78, 5) is 19.6. The minimum Gasteiger partial charge on any atom is -0.476 e. The lowest BCUT2D eigenvalue weighted by molar-refractivity contribution is 0.0693. The molecule has 104 valence electrons. The third-order valence-corrected chi connectivity index (χ3v) is 3.46. The van der Waals surface area contributed by atoms with Gasteiger partial charge in [-0.3, -0.25) is 0 Å². The van der Waals surface area contributed by atoms with Gasteiger partial charge in [-0.1, -0.05) is 40.2 Å². The van der Waals surface area contributed by atoms with Crippen molar-refractivity contribution in [2.75, 3.05) is 0 Å². The van der Waals surface area contributed by atoms with Crippen LogP contribution < -0.4 is 0 Å². The van der Waals surface area contributed by atoms with Crippen LogP contribution in [0.3, 0.4) is 0 Å². The maximum Gasteiger partial charge on any atom is 0.355 e. The van der Waals surface area contributed by atoms with E-state index in [0.29, 0.717) is 5.56 Å². The van der Waals surface area contributed by atoms with Gasteiger partial charge in [-0.25, -0.2) is 19.2 Å². The molecule has 0 aliphatic heterocycles. The molecule has 2 aromatic carbocycles. The van der Waals surface area contributed by atoms with Crippen molar-refractivity contribution in [3.05, 3.63) is 58.4 Å². The SMILES string of the molecule is O=C(O)c1nc(-c2cccc(Br)c2)nc2c(F)cccc12. The molecule has 0 amide bonds. The number of para-hydroxylation sites is 1. The zero-order valence-corrected chi connectivity index (χ0v) is 12.1. The van der Waals surface area contributed by atoms with Crippen molar-refractivity contribution < 1.29 is 14.3 Å². The summed E-state index contributed by atoms with van der Waals surface area (Å²) in [7, 11) is 0. The molecule has 0 saturated heterocycles. The van der Waals surface area contributed by atoms with Gasteiger partial charge in [-0.2, -0.15) is 0 Å². The first kappa shape index (κ1) is 13.6. The third kappa shape index (κ3) is 2.50. The zero-order valence-electron chi connectivity index (χ0n) is 10.5. The number of fused-ring (bicyclic) bond motifs is 1. The van der Waals surface area contributed by atoms with E-state index in [1.807, 2.05) is 6.07 Å². The molecule has 0 aliphatic carbocycles. The highest BCUT2D eigenvalue weighted by molar-refractivity contribution is 9.10. The molecule has 0 aliphatic rings. The van der Waals surface area contributed by atoms with Crippen LogP contribution in [0.15, 0.2) is 46.9 Å². The first-order valence-corrected chi connectivity index (χ1v) is 6.81. The maximum absolute atomic E-state index is 13.9. The highest BCUT2D eigenvalue weighted by atomic mass is 79.9. The monoisotopic (exact) mass is 346 g/mol. The number of benzene rings is 2. The van der Waals surface area contributed by atoms with Crippen LogP contribution in [0, 0.1) is 5.82 Å². The summed E-state index contributed by atoms with van der Waals surface area (Å²) in [6, 6.07) is 11.2. The fourth-order valence-corrected chi connectivity index (χ4v) is 2.44. The number of halogens is 2. The molecule has 3 aromatic rings. The van der Waals surface area contributed by atoms with Gasteiger partial charge in [0.15, 0.2) is 11.5 Å². The molecule has 1 aromatic heterocycles. The highest BCUT2D eigenvalue weighted by Crippen LogP contribution is 2.25. The summed E-state index contributed by atoms with van der Waals surface area (Å²) in [6.45, 7) is 0. The van der Waals surface area contributed by atoms with E-state index in [0.717, 1.165) is 4.47 Å². The van der Waals surface area contributed by atoms with E-state index >= 15 is 0 Å². The molecular weight excluding hydrogens is 339 g/mol.